The number of nitrogens with zero attached hydrogens (tertiary/aromatic N) is 2. The molecule has 1 aromatic heterocycles. The van der Waals surface area contributed by atoms with E-state index in [0.717, 1.165) is 0 Å². The number of rotatable bonds is 3. The summed E-state index contributed by atoms with van der Waals surface area (Å²) in [7, 11) is 0. The summed E-state index contributed by atoms with van der Waals surface area (Å²) in [5, 5.41) is 0.0894. The van der Waals surface area contributed by atoms with Gasteiger partial charge < -0.3 is 16.2 Å². The normalized spacial score (nSPS) is 9.62. The maximum Gasteiger partial charge on any atom is 0.244 e. The fraction of sp³-hybridized carbons (Fsp3) is 0.143. The lowest BCUT2D eigenvalue weighted by atomic mass is 10.5. The molecule has 0 aliphatic rings. The Labute approximate surface area is 80.4 Å². The van der Waals surface area contributed by atoms with Crippen LogP contribution < -0.4 is 16.2 Å². The van der Waals surface area contributed by atoms with Crippen LogP contribution in [0, 0.1) is 0 Å². The number of nitrogen functional groups attached to an aromatic ring is 2. The van der Waals surface area contributed by atoms with E-state index in [2.05, 4.69) is 16.5 Å². The second-order valence-electron chi connectivity index (χ2n) is 2.19. The van der Waals surface area contributed by atoms with Gasteiger partial charge in [-0.3, -0.25) is 0 Å². The van der Waals surface area contributed by atoms with Crippen molar-refractivity contribution in [3.63, 3.8) is 0 Å². The van der Waals surface area contributed by atoms with Crippen molar-refractivity contribution in [3.8, 4) is 5.88 Å². The number of anilines is 2. The zero-order valence-corrected chi connectivity index (χ0v) is 7.58. The molecule has 1 heterocycles. The first kappa shape index (κ1) is 9.60. The van der Waals surface area contributed by atoms with E-state index in [1.165, 1.54) is 0 Å². The van der Waals surface area contributed by atoms with Crippen molar-refractivity contribution in [2.75, 3.05) is 18.1 Å². The van der Waals surface area contributed by atoms with Crippen LogP contribution in [0.1, 0.15) is 0 Å². The van der Waals surface area contributed by atoms with E-state index >= 15 is 0 Å². The first-order valence-electron chi connectivity index (χ1n) is 3.47. The molecule has 0 aromatic carbocycles. The largest absolute Gasteiger partial charge is 0.472 e. The topological polar surface area (TPSA) is 87.0 Å². The van der Waals surface area contributed by atoms with Crippen LogP contribution in [0.5, 0.6) is 5.88 Å². The third kappa shape index (κ3) is 2.22. The first-order chi connectivity index (χ1) is 6.15. The lowest BCUT2D eigenvalue weighted by Crippen LogP contribution is -2.05. The molecule has 0 atom stereocenters. The highest BCUT2D eigenvalue weighted by Crippen LogP contribution is 2.26. The summed E-state index contributed by atoms with van der Waals surface area (Å²) in [5.74, 6) is 0.204. The van der Waals surface area contributed by atoms with Crippen molar-refractivity contribution in [2.45, 2.75) is 0 Å². The first-order valence-corrected chi connectivity index (χ1v) is 3.85. The molecular weight excluding hydrogens is 192 g/mol. The number of hydrogen-bond donors (Lipinski definition) is 2. The molecule has 0 unspecified atom stereocenters. The average Bonchev–Trinajstić information content (AvgIpc) is 2.09. The van der Waals surface area contributed by atoms with Gasteiger partial charge in [0.25, 0.3) is 0 Å². The van der Waals surface area contributed by atoms with Crippen molar-refractivity contribution in [1.82, 2.24) is 9.97 Å². The molecule has 0 spiro atoms. The third-order valence-corrected chi connectivity index (χ3v) is 1.51. The van der Waals surface area contributed by atoms with Gasteiger partial charge in [-0.25, -0.2) is 0 Å². The predicted molar refractivity (Wildman–Crippen MR) is 51.6 cm³/mol. The molecular formula is C7H9ClN4O. The van der Waals surface area contributed by atoms with Crippen LogP contribution in [0.3, 0.4) is 0 Å². The number of aromatic nitrogens is 2. The van der Waals surface area contributed by atoms with Gasteiger partial charge in [-0.1, -0.05) is 24.3 Å². The van der Waals surface area contributed by atoms with Crippen LogP contribution in [0.25, 0.3) is 0 Å². The molecule has 0 aliphatic carbocycles. The van der Waals surface area contributed by atoms with Crippen LogP contribution in [-0.4, -0.2) is 16.6 Å². The maximum absolute atomic E-state index is 5.64. The zero-order valence-electron chi connectivity index (χ0n) is 6.83. The van der Waals surface area contributed by atoms with Gasteiger partial charge >= 0.3 is 0 Å². The fourth-order valence-corrected chi connectivity index (χ4v) is 0.854. The minimum atomic E-state index is 0.0262. The number of halogens is 1. The second kappa shape index (κ2) is 3.95. The molecule has 0 radical (unpaired) electrons. The Balaban J connectivity index is 2.98. The third-order valence-electron chi connectivity index (χ3n) is 1.22. The Kier molecular flexibility index (Phi) is 2.92. The average molecular weight is 201 g/mol. The van der Waals surface area contributed by atoms with Gasteiger partial charge in [0.1, 0.15) is 12.3 Å². The van der Waals surface area contributed by atoms with Crippen molar-refractivity contribution >= 4 is 23.2 Å². The molecule has 6 heteroatoms. The Hall–Kier alpha value is -1.49. The number of nitrogens with two attached hydrogens (primary N) is 2. The van der Waals surface area contributed by atoms with Crippen LogP contribution in [0.15, 0.2) is 12.7 Å². The number of hydrogen-bond acceptors (Lipinski definition) is 5. The summed E-state index contributed by atoms with van der Waals surface area (Å²) in [6, 6.07) is 0. The molecule has 0 saturated heterocycles. The van der Waals surface area contributed by atoms with Crippen molar-refractivity contribution in [1.29, 1.82) is 0 Å². The Bertz CT molecular complexity index is 329. The van der Waals surface area contributed by atoms with E-state index in [4.69, 9.17) is 27.8 Å². The van der Waals surface area contributed by atoms with E-state index in [9.17, 15) is 0 Å². The van der Waals surface area contributed by atoms with Crippen LogP contribution >= 0.6 is 11.6 Å². The summed E-state index contributed by atoms with van der Waals surface area (Å²) in [5.41, 5.74) is 11.0. The van der Waals surface area contributed by atoms with Gasteiger partial charge in [0.05, 0.1) is 0 Å². The van der Waals surface area contributed by atoms with E-state index in [-0.39, 0.29) is 29.3 Å². The van der Waals surface area contributed by atoms with Gasteiger partial charge in [0.15, 0.2) is 5.15 Å². The molecule has 0 bridgehead atoms. The van der Waals surface area contributed by atoms with Gasteiger partial charge in [-0.05, 0) is 0 Å². The van der Waals surface area contributed by atoms with E-state index in [0.29, 0.717) is 0 Å². The minimum Gasteiger partial charge on any atom is -0.472 e. The highest BCUT2D eigenvalue weighted by molar-refractivity contribution is 6.32. The zero-order chi connectivity index (χ0) is 9.84. The SMILES string of the molecule is C=CCOc1nc(N)nc(Cl)c1N. The summed E-state index contributed by atoms with van der Waals surface area (Å²) >= 11 is 5.64. The van der Waals surface area contributed by atoms with Crippen LogP contribution in [-0.2, 0) is 0 Å². The van der Waals surface area contributed by atoms with E-state index in [1.54, 1.807) is 6.08 Å². The Morgan fingerprint density at radius 1 is 1.46 bits per heavy atom. The lowest BCUT2D eigenvalue weighted by Gasteiger charge is -2.06. The summed E-state index contributed by atoms with van der Waals surface area (Å²) < 4.78 is 5.09. The quantitative estimate of drug-likeness (QED) is 0.558. The molecule has 1 aromatic rings. The summed E-state index contributed by atoms with van der Waals surface area (Å²) in [6.45, 7) is 3.77. The standard InChI is InChI=1S/C7H9ClN4O/c1-2-3-13-6-4(9)5(8)11-7(10)12-6/h2H,1,3,9H2,(H2,10,11,12). The molecule has 5 nitrogen and oxygen atoms in total. The maximum atomic E-state index is 5.64. The minimum absolute atomic E-state index is 0.0262. The molecule has 0 amide bonds. The molecule has 70 valence electrons. The highest BCUT2D eigenvalue weighted by atomic mass is 35.5. The number of ether oxygens (including phenoxy) is 1. The van der Waals surface area contributed by atoms with Crippen LogP contribution in [0.2, 0.25) is 5.15 Å². The highest BCUT2D eigenvalue weighted by Gasteiger charge is 2.08. The molecule has 0 saturated carbocycles. The van der Waals surface area contributed by atoms with Crippen molar-refractivity contribution in [2.24, 2.45) is 0 Å². The van der Waals surface area contributed by atoms with Crippen molar-refractivity contribution in [3.05, 3.63) is 17.8 Å². The van der Waals surface area contributed by atoms with Crippen LogP contribution in [0.4, 0.5) is 11.6 Å². The lowest BCUT2D eigenvalue weighted by molar-refractivity contribution is 0.351. The van der Waals surface area contributed by atoms with Gasteiger partial charge in [0, 0.05) is 0 Å². The fourth-order valence-electron chi connectivity index (χ4n) is 0.686. The van der Waals surface area contributed by atoms with E-state index < -0.39 is 0 Å². The second-order valence-corrected chi connectivity index (χ2v) is 2.55. The molecule has 0 aliphatic heterocycles. The summed E-state index contributed by atoms with van der Waals surface area (Å²) in [4.78, 5) is 7.40. The molecule has 0 fully saturated rings. The molecule has 4 N–H and O–H groups in total. The predicted octanol–water partition coefficient (Wildman–Crippen LogP) is 0.859. The Morgan fingerprint density at radius 2 is 2.15 bits per heavy atom. The molecule has 1 rings (SSSR count). The van der Waals surface area contributed by atoms with Crippen molar-refractivity contribution < 1.29 is 4.74 Å². The summed E-state index contributed by atoms with van der Waals surface area (Å²) in [6.07, 6.45) is 1.56. The smallest absolute Gasteiger partial charge is 0.244 e. The van der Waals surface area contributed by atoms with Gasteiger partial charge in [-0.15, -0.1) is 0 Å². The van der Waals surface area contributed by atoms with Gasteiger partial charge in [-0.2, -0.15) is 9.97 Å². The van der Waals surface area contributed by atoms with Gasteiger partial charge in [0.2, 0.25) is 11.8 Å². The van der Waals surface area contributed by atoms with E-state index in [1.807, 2.05) is 0 Å². The molecule has 13 heavy (non-hydrogen) atoms. The Morgan fingerprint density at radius 3 is 2.77 bits per heavy atom. The monoisotopic (exact) mass is 200 g/mol.